The molecule has 2 heterocycles. The highest BCUT2D eigenvalue weighted by molar-refractivity contribution is 5.78. The third-order valence-electron chi connectivity index (χ3n) is 5.13. The van der Waals surface area contributed by atoms with Gasteiger partial charge in [-0.05, 0) is 55.9 Å². The number of nitriles is 1. The molecule has 1 saturated heterocycles. The minimum absolute atomic E-state index is 0.259. The lowest BCUT2D eigenvalue weighted by Gasteiger charge is -2.31. The topological polar surface area (TPSA) is 109 Å². The molecule has 1 fully saturated rings. The summed E-state index contributed by atoms with van der Waals surface area (Å²) >= 11 is 0. The van der Waals surface area contributed by atoms with Crippen molar-refractivity contribution in [2.24, 2.45) is 16.6 Å². The molecule has 148 valence electrons. The normalized spacial score (nSPS) is 15.6. The fraction of sp³-hybridized carbons (Fsp3) is 0.450. The van der Waals surface area contributed by atoms with E-state index in [2.05, 4.69) is 28.0 Å². The summed E-state index contributed by atoms with van der Waals surface area (Å²) in [4.78, 5) is 6.60. The van der Waals surface area contributed by atoms with Crippen LogP contribution in [0.1, 0.15) is 37.4 Å². The molecule has 1 aliphatic rings. The van der Waals surface area contributed by atoms with E-state index < -0.39 is 0 Å². The first-order chi connectivity index (χ1) is 13.5. The van der Waals surface area contributed by atoms with E-state index >= 15 is 0 Å². The summed E-state index contributed by atoms with van der Waals surface area (Å²) in [6.07, 6.45) is 3.55. The van der Waals surface area contributed by atoms with Crippen molar-refractivity contribution >= 4 is 11.8 Å². The third-order valence-corrected chi connectivity index (χ3v) is 5.13. The number of hydrogen-bond acceptors (Lipinski definition) is 4. The molecule has 0 aliphatic carbocycles. The van der Waals surface area contributed by atoms with E-state index in [1.807, 2.05) is 0 Å². The number of anilines is 1. The second-order valence-corrected chi connectivity index (χ2v) is 7.22. The van der Waals surface area contributed by atoms with Gasteiger partial charge in [0.1, 0.15) is 23.3 Å². The smallest absolute Gasteiger partial charge is 0.191 e. The summed E-state index contributed by atoms with van der Waals surface area (Å²) in [6, 6.07) is 7.94. The molecule has 0 amide bonds. The average Bonchev–Trinajstić information content (AvgIpc) is 3.01. The molecule has 0 radical (unpaired) electrons. The van der Waals surface area contributed by atoms with Gasteiger partial charge in [0.25, 0.3) is 0 Å². The molecule has 8 heteroatoms. The van der Waals surface area contributed by atoms with E-state index in [9.17, 15) is 9.65 Å². The molecule has 2 aromatic rings. The number of aromatic nitrogens is 2. The van der Waals surface area contributed by atoms with E-state index in [-0.39, 0.29) is 11.6 Å². The van der Waals surface area contributed by atoms with Crippen LogP contribution in [0, 0.1) is 23.1 Å². The third kappa shape index (κ3) is 4.42. The van der Waals surface area contributed by atoms with Crippen LogP contribution in [0.2, 0.25) is 0 Å². The van der Waals surface area contributed by atoms with Crippen molar-refractivity contribution < 1.29 is 4.39 Å². The summed E-state index contributed by atoms with van der Waals surface area (Å²) in [5.74, 6) is 1.25. The van der Waals surface area contributed by atoms with Crippen LogP contribution in [0.5, 0.6) is 0 Å². The minimum Gasteiger partial charge on any atom is -0.382 e. The Morgan fingerprint density at radius 3 is 2.64 bits per heavy atom. The summed E-state index contributed by atoms with van der Waals surface area (Å²) in [7, 11) is 0. The second kappa shape index (κ2) is 8.74. The molecule has 1 aromatic heterocycles. The molecule has 4 N–H and O–H groups in total. The zero-order valence-corrected chi connectivity index (χ0v) is 16.1. The number of rotatable bonds is 5. The van der Waals surface area contributed by atoms with Crippen LogP contribution in [-0.2, 0) is 6.42 Å². The molecule has 0 atom stereocenters. The van der Waals surface area contributed by atoms with Gasteiger partial charge in [0.15, 0.2) is 5.96 Å². The van der Waals surface area contributed by atoms with Crippen molar-refractivity contribution in [3.05, 3.63) is 41.3 Å². The molecule has 1 aromatic carbocycles. The number of halogens is 1. The number of aliphatic imine (C=N–C) groups is 1. The van der Waals surface area contributed by atoms with Crippen LogP contribution in [-0.4, -0.2) is 40.3 Å². The van der Waals surface area contributed by atoms with Crippen LogP contribution < -0.4 is 11.5 Å². The maximum atomic E-state index is 13.1. The predicted molar refractivity (Wildman–Crippen MR) is 107 cm³/mol. The van der Waals surface area contributed by atoms with Gasteiger partial charge in [0, 0.05) is 19.6 Å². The van der Waals surface area contributed by atoms with Gasteiger partial charge in [-0.2, -0.15) is 10.4 Å². The van der Waals surface area contributed by atoms with Gasteiger partial charge in [-0.3, -0.25) is 4.99 Å². The number of nitrogens with two attached hydrogens (primary N) is 2. The number of nitrogens with zero attached hydrogens (tertiary/aromatic N) is 5. The van der Waals surface area contributed by atoms with E-state index in [0.29, 0.717) is 42.3 Å². The van der Waals surface area contributed by atoms with E-state index in [1.54, 1.807) is 12.1 Å². The highest BCUT2D eigenvalue weighted by Gasteiger charge is 2.18. The largest absolute Gasteiger partial charge is 0.382 e. The number of nitrogen functional groups attached to an aromatic ring is 1. The van der Waals surface area contributed by atoms with Crippen molar-refractivity contribution in [2.75, 3.05) is 25.4 Å². The van der Waals surface area contributed by atoms with Gasteiger partial charge in [0.2, 0.25) is 0 Å². The summed E-state index contributed by atoms with van der Waals surface area (Å²) < 4.78 is 14.6. The fourth-order valence-electron chi connectivity index (χ4n) is 3.33. The Hall–Kier alpha value is -3.08. The van der Waals surface area contributed by atoms with Crippen LogP contribution in [0.3, 0.4) is 0 Å². The van der Waals surface area contributed by atoms with E-state index in [4.69, 9.17) is 11.5 Å². The molecule has 0 unspecified atom stereocenters. The van der Waals surface area contributed by atoms with Gasteiger partial charge in [0.05, 0.1) is 11.4 Å². The maximum absolute atomic E-state index is 13.1. The van der Waals surface area contributed by atoms with E-state index in [1.165, 1.54) is 16.8 Å². The molecular weight excluding hydrogens is 357 g/mol. The van der Waals surface area contributed by atoms with Crippen LogP contribution in [0.4, 0.5) is 10.2 Å². The standard InChI is InChI=1S/C20H26FN7/c1-14-8-11-27(12-9-14)20(24)25-10-2-3-18-17(13-22)19(23)28(26-18)16-6-4-15(21)5-7-16/h4-7,14H,2-3,8-12,23H2,1H3,(H2,24,25). The van der Waals surface area contributed by atoms with Crippen LogP contribution >= 0.6 is 0 Å². The van der Waals surface area contributed by atoms with Crippen LogP contribution in [0.25, 0.3) is 5.69 Å². The Balaban J connectivity index is 1.63. The first-order valence-corrected chi connectivity index (χ1v) is 9.58. The number of piperidine rings is 1. The zero-order chi connectivity index (χ0) is 20.1. The molecular formula is C20H26FN7. The lowest BCUT2D eigenvalue weighted by Crippen LogP contribution is -2.42. The number of benzene rings is 1. The Morgan fingerprint density at radius 1 is 1.32 bits per heavy atom. The molecule has 0 saturated carbocycles. The predicted octanol–water partition coefficient (Wildman–Crippen LogP) is 2.44. The molecule has 1 aliphatic heterocycles. The number of hydrogen-bond donors (Lipinski definition) is 2. The lowest BCUT2D eigenvalue weighted by molar-refractivity contribution is 0.277. The summed E-state index contributed by atoms with van der Waals surface area (Å²) in [5.41, 5.74) is 13.8. The lowest BCUT2D eigenvalue weighted by atomic mass is 10.00. The van der Waals surface area contributed by atoms with Crippen molar-refractivity contribution in [1.29, 1.82) is 5.26 Å². The van der Waals surface area contributed by atoms with Gasteiger partial charge >= 0.3 is 0 Å². The van der Waals surface area contributed by atoms with Crippen molar-refractivity contribution in [2.45, 2.75) is 32.6 Å². The van der Waals surface area contributed by atoms with Crippen molar-refractivity contribution in [1.82, 2.24) is 14.7 Å². The molecule has 3 rings (SSSR count). The summed E-state index contributed by atoms with van der Waals surface area (Å²) in [6.45, 7) is 4.72. The number of aryl methyl sites for hydroxylation is 1. The maximum Gasteiger partial charge on any atom is 0.191 e. The van der Waals surface area contributed by atoms with Gasteiger partial charge in [-0.1, -0.05) is 6.92 Å². The van der Waals surface area contributed by atoms with E-state index in [0.717, 1.165) is 31.8 Å². The highest BCUT2D eigenvalue weighted by atomic mass is 19.1. The molecule has 7 nitrogen and oxygen atoms in total. The fourth-order valence-corrected chi connectivity index (χ4v) is 3.33. The average molecular weight is 383 g/mol. The van der Waals surface area contributed by atoms with Gasteiger partial charge < -0.3 is 16.4 Å². The zero-order valence-electron chi connectivity index (χ0n) is 16.1. The molecule has 28 heavy (non-hydrogen) atoms. The first-order valence-electron chi connectivity index (χ1n) is 9.58. The monoisotopic (exact) mass is 383 g/mol. The Bertz CT molecular complexity index is 871. The Kier molecular flexibility index (Phi) is 6.14. The van der Waals surface area contributed by atoms with Crippen molar-refractivity contribution in [3.8, 4) is 11.8 Å². The first kappa shape index (κ1) is 19.7. The molecule has 0 spiro atoms. The quantitative estimate of drug-likeness (QED) is 0.468. The summed E-state index contributed by atoms with van der Waals surface area (Å²) in [5, 5.41) is 13.9. The second-order valence-electron chi connectivity index (χ2n) is 7.22. The highest BCUT2D eigenvalue weighted by Crippen LogP contribution is 2.22. The number of guanidine groups is 1. The molecule has 0 bridgehead atoms. The SMILES string of the molecule is CC1CCN(C(N)=NCCCc2nn(-c3ccc(F)cc3)c(N)c2C#N)CC1. The van der Waals surface area contributed by atoms with Gasteiger partial charge in [-0.15, -0.1) is 0 Å². The Morgan fingerprint density at radius 2 is 2.00 bits per heavy atom. The van der Waals surface area contributed by atoms with Crippen molar-refractivity contribution in [3.63, 3.8) is 0 Å². The van der Waals surface area contributed by atoms with Gasteiger partial charge in [-0.25, -0.2) is 9.07 Å². The number of likely N-dealkylation sites (tertiary alicyclic amines) is 1. The Labute approximate surface area is 164 Å². The van der Waals surface area contributed by atoms with Crippen LogP contribution in [0.15, 0.2) is 29.3 Å². The minimum atomic E-state index is -0.339.